The van der Waals surface area contributed by atoms with E-state index < -0.39 is 12.0 Å². The van der Waals surface area contributed by atoms with Gasteiger partial charge in [-0.3, -0.25) is 4.79 Å². The molecule has 2 atom stereocenters. The highest BCUT2D eigenvalue weighted by Gasteiger charge is 2.21. The van der Waals surface area contributed by atoms with E-state index in [2.05, 4.69) is 0 Å². The van der Waals surface area contributed by atoms with Gasteiger partial charge in [0.15, 0.2) is 0 Å². The van der Waals surface area contributed by atoms with Crippen LogP contribution in [-0.2, 0) is 9.53 Å². The Hall–Kier alpha value is -0.610. The third-order valence-electron chi connectivity index (χ3n) is 1.39. The zero-order valence-electron chi connectivity index (χ0n) is 6.20. The summed E-state index contributed by atoms with van der Waals surface area (Å²) in [6.07, 6.45) is 0.238. The summed E-state index contributed by atoms with van der Waals surface area (Å²) in [6, 6.07) is -0.907. The number of methoxy groups -OCH3 is 1. The molecule has 0 rings (SSSR count). The summed E-state index contributed by atoms with van der Waals surface area (Å²) in [7, 11) is 1.46. The Kier molecular flexibility index (Phi) is 3.99. The maximum Gasteiger partial charge on any atom is 0.323 e. The lowest BCUT2D eigenvalue weighted by atomic mass is 10.1. The lowest BCUT2D eigenvalue weighted by molar-refractivity contribution is -0.141. The van der Waals surface area contributed by atoms with Crippen molar-refractivity contribution in [3.8, 4) is 0 Å². The maximum atomic E-state index is 10.3. The molecule has 4 nitrogen and oxygen atoms in total. The Morgan fingerprint density at radius 3 is 2.40 bits per heavy atom. The van der Waals surface area contributed by atoms with Crippen LogP contribution in [-0.4, -0.2) is 30.3 Å². The first-order valence-electron chi connectivity index (χ1n) is 3.14. The van der Waals surface area contributed by atoms with Crippen LogP contribution >= 0.6 is 0 Å². The van der Waals surface area contributed by atoms with Gasteiger partial charge >= 0.3 is 5.97 Å². The van der Waals surface area contributed by atoms with Crippen LogP contribution in [0.1, 0.15) is 13.3 Å². The predicted molar refractivity (Wildman–Crippen MR) is 36.7 cm³/mol. The number of rotatable bonds is 4. The zero-order valence-corrected chi connectivity index (χ0v) is 6.20. The molecular weight excluding hydrogens is 134 g/mol. The normalized spacial score (nSPS) is 16.3. The molecule has 10 heavy (non-hydrogen) atoms. The average Bonchev–Trinajstić information content (AvgIpc) is 1.90. The fourth-order valence-electron chi connectivity index (χ4n) is 0.726. The van der Waals surface area contributed by atoms with E-state index in [4.69, 9.17) is 15.6 Å². The maximum absolute atomic E-state index is 10.3. The minimum atomic E-state index is -1.02. The van der Waals surface area contributed by atoms with E-state index >= 15 is 0 Å². The molecule has 0 radical (unpaired) electrons. The summed E-state index contributed by atoms with van der Waals surface area (Å²) in [5, 5.41) is 8.41. The standard InChI is InChI=1S/C6H13NO3/c1-3-4(10-2)5(7)6(8)9/h4-5H,3,7H2,1-2H3,(H,8,9)/t4-,5+/m1/s1. The Bertz CT molecular complexity index is 112. The molecule has 0 saturated heterocycles. The van der Waals surface area contributed by atoms with Crippen molar-refractivity contribution in [2.24, 2.45) is 5.73 Å². The molecular formula is C6H13NO3. The van der Waals surface area contributed by atoms with Crippen molar-refractivity contribution in [1.82, 2.24) is 0 Å². The fraction of sp³-hybridized carbons (Fsp3) is 0.833. The van der Waals surface area contributed by atoms with Crippen molar-refractivity contribution >= 4 is 5.97 Å². The molecule has 0 aromatic rings. The van der Waals surface area contributed by atoms with Crippen LogP contribution in [0.5, 0.6) is 0 Å². The smallest absolute Gasteiger partial charge is 0.323 e. The van der Waals surface area contributed by atoms with E-state index in [1.165, 1.54) is 7.11 Å². The second kappa shape index (κ2) is 4.24. The van der Waals surface area contributed by atoms with Crippen molar-refractivity contribution in [2.45, 2.75) is 25.5 Å². The number of carboxylic acids is 1. The van der Waals surface area contributed by atoms with E-state index in [9.17, 15) is 4.79 Å². The molecule has 0 spiro atoms. The lowest BCUT2D eigenvalue weighted by Gasteiger charge is -2.16. The van der Waals surface area contributed by atoms with Gasteiger partial charge in [0.05, 0.1) is 6.10 Å². The largest absolute Gasteiger partial charge is 0.480 e. The first-order valence-corrected chi connectivity index (χ1v) is 3.14. The average molecular weight is 147 g/mol. The Morgan fingerprint density at radius 2 is 2.30 bits per heavy atom. The van der Waals surface area contributed by atoms with Crippen LogP contribution in [0.4, 0.5) is 0 Å². The van der Waals surface area contributed by atoms with E-state index in [-0.39, 0.29) is 6.10 Å². The summed E-state index contributed by atoms with van der Waals surface area (Å²) in [4.78, 5) is 10.3. The summed E-state index contributed by atoms with van der Waals surface area (Å²) >= 11 is 0. The van der Waals surface area contributed by atoms with Gasteiger partial charge in [0.25, 0.3) is 0 Å². The van der Waals surface area contributed by atoms with E-state index in [0.29, 0.717) is 6.42 Å². The van der Waals surface area contributed by atoms with E-state index in [1.54, 1.807) is 0 Å². The van der Waals surface area contributed by atoms with Gasteiger partial charge < -0.3 is 15.6 Å². The summed E-state index contributed by atoms with van der Waals surface area (Å²) < 4.78 is 4.82. The number of carbonyl (C=O) groups is 1. The zero-order chi connectivity index (χ0) is 8.15. The highest BCUT2D eigenvalue weighted by molar-refractivity contribution is 5.73. The van der Waals surface area contributed by atoms with Gasteiger partial charge in [0.2, 0.25) is 0 Å². The monoisotopic (exact) mass is 147 g/mol. The van der Waals surface area contributed by atoms with Crippen molar-refractivity contribution in [3.05, 3.63) is 0 Å². The Labute approximate surface area is 60.0 Å². The van der Waals surface area contributed by atoms with Gasteiger partial charge in [0.1, 0.15) is 6.04 Å². The molecule has 0 saturated carbocycles. The predicted octanol–water partition coefficient (Wildman–Crippen LogP) is -0.177. The molecule has 0 aliphatic rings. The number of aliphatic carboxylic acids is 1. The fourth-order valence-corrected chi connectivity index (χ4v) is 0.726. The second-order valence-electron chi connectivity index (χ2n) is 2.05. The number of ether oxygens (including phenoxy) is 1. The van der Waals surface area contributed by atoms with Crippen LogP contribution in [0.2, 0.25) is 0 Å². The minimum absolute atomic E-state index is 0.377. The van der Waals surface area contributed by atoms with Crippen LogP contribution in [0.3, 0.4) is 0 Å². The molecule has 0 amide bonds. The topological polar surface area (TPSA) is 72.5 Å². The minimum Gasteiger partial charge on any atom is -0.480 e. The van der Waals surface area contributed by atoms with Gasteiger partial charge in [-0.1, -0.05) is 6.92 Å². The van der Waals surface area contributed by atoms with Gasteiger partial charge in [-0.2, -0.15) is 0 Å². The number of carboxylic acid groups (broad SMARTS) is 1. The van der Waals surface area contributed by atoms with E-state index in [1.807, 2.05) is 6.92 Å². The van der Waals surface area contributed by atoms with E-state index in [0.717, 1.165) is 0 Å². The molecule has 0 unspecified atom stereocenters. The second-order valence-corrected chi connectivity index (χ2v) is 2.05. The quantitative estimate of drug-likeness (QED) is 0.578. The molecule has 0 bridgehead atoms. The van der Waals surface area contributed by atoms with Crippen LogP contribution in [0.25, 0.3) is 0 Å². The molecule has 4 heteroatoms. The van der Waals surface area contributed by atoms with Crippen LogP contribution < -0.4 is 5.73 Å². The summed E-state index contributed by atoms with van der Waals surface area (Å²) in [5.74, 6) is -1.02. The molecule has 0 fully saturated rings. The number of hydrogen-bond donors (Lipinski definition) is 2. The molecule has 0 aromatic heterocycles. The third kappa shape index (κ3) is 2.33. The number of nitrogens with two attached hydrogens (primary N) is 1. The van der Waals surface area contributed by atoms with Gasteiger partial charge in [-0.15, -0.1) is 0 Å². The van der Waals surface area contributed by atoms with Crippen molar-refractivity contribution < 1.29 is 14.6 Å². The molecule has 0 aliphatic heterocycles. The number of hydrogen-bond acceptors (Lipinski definition) is 3. The molecule has 60 valence electrons. The van der Waals surface area contributed by atoms with Gasteiger partial charge in [0, 0.05) is 7.11 Å². The SMILES string of the molecule is CC[C@@H](OC)[C@H](N)C(=O)O. The lowest BCUT2D eigenvalue weighted by Crippen LogP contribution is -2.42. The molecule has 3 N–H and O–H groups in total. The highest BCUT2D eigenvalue weighted by Crippen LogP contribution is 2.00. The van der Waals surface area contributed by atoms with Crippen molar-refractivity contribution in [1.29, 1.82) is 0 Å². The molecule has 0 aromatic carbocycles. The highest BCUT2D eigenvalue weighted by atomic mass is 16.5. The first kappa shape index (κ1) is 9.39. The van der Waals surface area contributed by atoms with Gasteiger partial charge in [-0.05, 0) is 6.42 Å². The summed E-state index contributed by atoms with van der Waals surface area (Å²) in [6.45, 7) is 1.83. The van der Waals surface area contributed by atoms with Gasteiger partial charge in [-0.25, -0.2) is 0 Å². The van der Waals surface area contributed by atoms with Crippen molar-refractivity contribution in [2.75, 3.05) is 7.11 Å². The summed E-state index contributed by atoms with van der Waals surface area (Å²) in [5.41, 5.74) is 5.26. The van der Waals surface area contributed by atoms with Crippen LogP contribution in [0, 0.1) is 0 Å². The Balaban J connectivity index is 3.88. The third-order valence-corrected chi connectivity index (χ3v) is 1.39. The van der Waals surface area contributed by atoms with Crippen molar-refractivity contribution in [3.63, 3.8) is 0 Å². The Morgan fingerprint density at radius 1 is 1.80 bits per heavy atom. The first-order chi connectivity index (χ1) is 4.63. The molecule has 0 heterocycles. The van der Waals surface area contributed by atoms with Crippen LogP contribution in [0.15, 0.2) is 0 Å². The molecule has 0 aliphatic carbocycles.